The monoisotopic (exact) mass is 433 g/mol. The second-order valence-electron chi connectivity index (χ2n) is 8.78. The summed E-state index contributed by atoms with van der Waals surface area (Å²) in [7, 11) is 0. The third-order valence-electron chi connectivity index (χ3n) is 6.28. The molecule has 168 valence electrons. The molecule has 1 saturated heterocycles. The van der Waals surface area contributed by atoms with Gasteiger partial charge in [-0.05, 0) is 57.4 Å². The van der Waals surface area contributed by atoms with E-state index >= 15 is 0 Å². The Kier molecular flexibility index (Phi) is 6.55. The molecule has 3 N–H and O–H groups in total. The Bertz CT molecular complexity index is 1020. The zero-order chi connectivity index (χ0) is 22.7. The summed E-state index contributed by atoms with van der Waals surface area (Å²) in [5.41, 5.74) is 4.13. The maximum absolute atomic E-state index is 12.9. The fraction of sp³-hybridized carbons (Fsp3) is 0.400. The average Bonchev–Trinajstić information content (AvgIpc) is 2.87. The number of hydrogen-bond acceptors (Lipinski definition) is 4. The summed E-state index contributed by atoms with van der Waals surface area (Å²) in [5, 5.41) is 8.45. The molecule has 7 nitrogen and oxygen atoms in total. The van der Waals surface area contributed by atoms with E-state index in [1.165, 1.54) is 6.42 Å². The molecule has 2 aromatic carbocycles. The number of nitrogens with one attached hydrogen (secondary N) is 3. The fourth-order valence-corrected chi connectivity index (χ4v) is 4.53. The zero-order valence-electron chi connectivity index (χ0n) is 18.9. The molecular formula is C25H31N5O2. The van der Waals surface area contributed by atoms with Crippen LogP contribution in [0.1, 0.15) is 44.2 Å². The zero-order valence-corrected chi connectivity index (χ0v) is 18.9. The van der Waals surface area contributed by atoms with E-state index in [1.807, 2.05) is 55.5 Å². The van der Waals surface area contributed by atoms with Crippen LogP contribution < -0.4 is 16.0 Å². The molecule has 0 bridgehead atoms. The first kappa shape index (κ1) is 22.0. The van der Waals surface area contributed by atoms with E-state index < -0.39 is 12.2 Å². The number of aryl methyl sites for hydroxylation is 1. The molecule has 0 aliphatic carbocycles. The van der Waals surface area contributed by atoms with Gasteiger partial charge in [0.15, 0.2) is 0 Å². The van der Waals surface area contributed by atoms with Gasteiger partial charge in [-0.2, -0.15) is 0 Å². The average molecular weight is 434 g/mol. The van der Waals surface area contributed by atoms with Crippen molar-refractivity contribution < 1.29 is 9.59 Å². The molecule has 2 aromatic rings. The van der Waals surface area contributed by atoms with Crippen LogP contribution in [0.4, 0.5) is 16.2 Å². The quantitative estimate of drug-likeness (QED) is 0.677. The number of para-hydroxylation sites is 1. The second kappa shape index (κ2) is 9.53. The molecular weight excluding hydrogens is 402 g/mol. The number of aliphatic imine (C=N–C) groups is 1. The van der Waals surface area contributed by atoms with E-state index in [2.05, 4.69) is 34.7 Å². The molecule has 0 radical (unpaired) electrons. The summed E-state index contributed by atoms with van der Waals surface area (Å²) in [6.07, 6.45) is 2.51. The number of anilines is 2. The van der Waals surface area contributed by atoms with Crippen molar-refractivity contribution in [3.63, 3.8) is 0 Å². The topological polar surface area (TPSA) is 85.8 Å². The molecule has 0 saturated carbocycles. The van der Waals surface area contributed by atoms with Crippen LogP contribution in [0.15, 0.2) is 53.5 Å². The van der Waals surface area contributed by atoms with Crippen LogP contribution >= 0.6 is 0 Å². The molecule has 3 amide bonds. The first-order valence-electron chi connectivity index (χ1n) is 11.3. The number of likely N-dealkylation sites (tertiary alicyclic amines) is 1. The van der Waals surface area contributed by atoms with Crippen molar-refractivity contribution in [2.75, 3.05) is 17.2 Å². The van der Waals surface area contributed by atoms with Crippen LogP contribution in [-0.2, 0) is 4.79 Å². The van der Waals surface area contributed by atoms with Gasteiger partial charge in [0, 0.05) is 35.6 Å². The number of carbonyl (C=O) groups is 2. The summed E-state index contributed by atoms with van der Waals surface area (Å²) in [5.74, 6) is -0.355. The predicted octanol–water partition coefficient (Wildman–Crippen LogP) is 4.15. The number of rotatable bonds is 4. The van der Waals surface area contributed by atoms with Gasteiger partial charge in [-0.3, -0.25) is 14.7 Å². The highest BCUT2D eigenvalue weighted by molar-refractivity contribution is 6.13. The lowest BCUT2D eigenvalue weighted by Gasteiger charge is -2.39. The molecule has 1 fully saturated rings. The minimum atomic E-state index is -1.02. The highest BCUT2D eigenvalue weighted by Crippen LogP contribution is 2.26. The lowest BCUT2D eigenvalue weighted by atomic mass is 9.96. The van der Waals surface area contributed by atoms with E-state index in [1.54, 1.807) is 0 Å². The highest BCUT2D eigenvalue weighted by Gasteiger charge is 2.30. The number of carbonyl (C=O) groups excluding carboxylic acids is 2. The molecule has 2 aliphatic rings. The standard InChI is InChI=1S/C25H31N5O2/c1-16-8-6-11-19(14-16)26-25(32)29-23-24(31)28-21-13-5-4-12-20(21)22(27-23)15-30-17(2)9-7-10-18(30)3/h4-6,8,11-14,17-18,23H,7,9-10,15H2,1-3H3,(H,28,31)(H2,26,29,32)/t17?,18?,23-/m0/s1. The second-order valence-corrected chi connectivity index (χ2v) is 8.78. The van der Waals surface area contributed by atoms with Crippen molar-refractivity contribution in [2.24, 2.45) is 4.99 Å². The minimum Gasteiger partial charge on any atom is -0.322 e. The van der Waals surface area contributed by atoms with E-state index in [0.29, 0.717) is 24.3 Å². The van der Waals surface area contributed by atoms with Gasteiger partial charge in [0.1, 0.15) is 0 Å². The summed E-state index contributed by atoms with van der Waals surface area (Å²) in [6, 6.07) is 15.6. The van der Waals surface area contributed by atoms with Gasteiger partial charge in [0.2, 0.25) is 6.17 Å². The number of benzodiazepines with no additional fused rings is 1. The van der Waals surface area contributed by atoms with Gasteiger partial charge in [-0.1, -0.05) is 36.8 Å². The van der Waals surface area contributed by atoms with Crippen molar-refractivity contribution in [1.82, 2.24) is 10.2 Å². The number of urea groups is 1. The highest BCUT2D eigenvalue weighted by atomic mass is 16.2. The molecule has 7 heteroatoms. The van der Waals surface area contributed by atoms with Gasteiger partial charge in [0.05, 0.1) is 5.71 Å². The van der Waals surface area contributed by atoms with Crippen LogP contribution in [0.3, 0.4) is 0 Å². The first-order valence-corrected chi connectivity index (χ1v) is 11.3. The SMILES string of the molecule is Cc1cccc(NC(=O)N[C@@H]2N=C(CN3C(C)CCCC3C)c3ccccc3NC2=O)c1. The molecule has 2 aliphatic heterocycles. The molecule has 3 atom stereocenters. The van der Waals surface area contributed by atoms with Crippen molar-refractivity contribution in [1.29, 1.82) is 0 Å². The Hall–Kier alpha value is -3.19. The predicted molar refractivity (Wildman–Crippen MR) is 128 cm³/mol. The first-order chi connectivity index (χ1) is 15.4. The van der Waals surface area contributed by atoms with Gasteiger partial charge in [-0.15, -0.1) is 0 Å². The molecule has 0 spiro atoms. The number of hydrogen-bond donors (Lipinski definition) is 3. The van der Waals surface area contributed by atoms with E-state index in [9.17, 15) is 9.59 Å². The lowest BCUT2D eigenvalue weighted by Crippen LogP contribution is -2.47. The minimum absolute atomic E-state index is 0.355. The van der Waals surface area contributed by atoms with E-state index in [-0.39, 0.29) is 5.91 Å². The van der Waals surface area contributed by atoms with Crippen LogP contribution in [0.25, 0.3) is 0 Å². The van der Waals surface area contributed by atoms with Gasteiger partial charge in [-0.25, -0.2) is 4.79 Å². The van der Waals surface area contributed by atoms with Gasteiger partial charge in [0.25, 0.3) is 5.91 Å². The Labute approximate surface area is 189 Å². The smallest absolute Gasteiger partial charge is 0.321 e. The van der Waals surface area contributed by atoms with Gasteiger partial charge >= 0.3 is 6.03 Å². The van der Waals surface area contributed by atoms with E-state index in [4.69, 9.17) is 4.99 Å². The summed E-state index contributed by atoms with van der Waals surface area (Å²) in [6.45, 7) is 7.07. The van der Waals surface area contributed by atoms with Gasteiger partial charge < -0.3 is 16.0 Å². The summed E-state index contributed by atoms with van der Waals surface area (Å²) in [4.78, 5) is 32.7. The summed E-state index contributed by atoms with van der Waals surface area (Å²) < 4.78 is 0. The molecule has 2 unspecified atom stereocenters. The van der Waals surface area contributed by atoms with Crippen LogP contribution in [0.5, 0.6) is 0 Å². The van der Waals surface area contributed by atoms with E-state index in [0.717, 1.165) is 35.4 Å². The lowest BCUT2D eigenvalue weighted by molar-refractivity contribution is -0.117. The number of benzene rings is 2. The molecule has 2 heterocycles. The van der Waals surface area contributed by atoms with Crippen molar-refractivity contribution in [2.45, 2.75) is 58.3 Å². The maximum Gasteiger partial charge on any atom is 0.321 e. The van der Waals surface area contributed by atoms with Crippen LogP contribution in [0.2, 0.25) is 0 Å². The maximum atomic E-state index is 12.9. The Morgan fingerprint density at radius 2 is 1.88 bits per heavy atom. The van der Waals surface area contributed by atoms with Crippen molar-refractivity contribution in [3.05, 3.63) is 59.7 Å². The number of nitrogens with zero attached hydrogens (tertiary/aromatic N) is 2. The molecule has 4 rings (SSSR count). The third-order valence-corrected chi connectivity index (χ3v) is 6.28. The Morgan fingerprint density at radius 3 is 2.62 bits per heavy atom. The largest absolute Gasteiger partial charge is 0.322 e. The third kappa shape index (κ3) is 4.99. The summed E-state index contributed by atoms with van der Waals surface area (Å²) >= 11 is 0. The number of piperidine rings is 1. The van der Waals surface area contributed by atoms with Crippen molar-refractivity contribution in [3.8, 4) is 0 Å². The number of amides is 3. The van der Waals surface area contributed by atoms with Crippen LogP contribution in [0, 0.1) is 6.92 Å². The van der Waals surface area contributed by atoms with Crippen molar-refractivity contribution >= 4 is 29.0 Å². The molecule has 0 aromatic heterocycles. The fourth-order valence-electron chi connectivity index (χ4n) is 4.53. The van der Waals surface area contributed by atoms with Crippen LogP contribution in [-0.4, -0.2) is 47.3 Å². The Balaban J connectivity index is 1.58. The normalized spacial score (nSPS) is 23.4. The Morgan fingerprint density at radius 1 is 1.12 bits per heavy atom. The molecule has 32 heavy (non-hydrogen) atoms. The number of fused-ring (bicyclic) bond motifs is 1.